The molecule has 13 heteroatoms. The smallest absolute Gasteiger partial charge is 0.416 e. The van der Waals surface area contributed by atoms with Gasteiger partial charge in [0.1, 0.15) is 12.2 Å². The first-order chi connectivity index (χ1) is 13.9. The Kier molecular flexibility index (Phi) is 6.85. The van der Waals surface area contributed by atoms with Crippen LogP contribution in [0.1, 0.15) is 5.56 Å². The van der Waals surface area contributed by atoms with Gasteiger partial charge in [-0.05, 0) is 18.2 Å². The van der Waals surface area contributed by atoms with E-state index in [1.807, 2.05) is 5.32 Å². The fraction of sp³-hybridized carbons (Fsp3) is 0.412. The SMILES string of the molecule is COC(=O)C1=C(Nc2cc(C(F)(F)F)ccc2NCC(F)(F)F)C(=O)N(CCO)C1. The van der Waals surface area contributed by atoms with E-state index in [0.717, 1.165) is 18.1 Å². The highest BCUT2D eigenvalue weighted by Crippen LogP contribution is 2.36. The summed E-state index contributed by atoms with van der Waals surface area (Å²) < 4.78 is 81.4. The third kappa shape index (κ3) is 5.55. The molecular weight excluding hydrogens is 424 g/mol. The van der Waals surface area contributed by atoms with Crippen molar-refractivity contribution in [2.45, 2.75) is 12.4 Å². The van der Waals surface area contributed by atoms with E-state index < -0.39 is 54.3 Å². The molecule has 2 rings (SSSR count). The van der Waals surface area contributed by atoms with Crippen molar-refractivity contribution < 1.29 is 45.8 Å². The number of nitrogens with zero attached hydrogens (tertiary/aromatic N) is 1. The molecule has 0 aromatic heterocycles. The fourth-order valence-corrected chi connectivity index (χ4v) is 2.66. The number of ether oxygens (including phenoxy) is 1. The summed E-state index contributed by atoms with van der Waals surface area (Å²) in [6.45, 7) is -2.46. The molecule has 0 atom stereocenters. The molecule has 0 saturated heterocycles. The average Bonchev–Trinajstić information content (AvgIpc) is 2.95. The number of hydrogen-bond acceptors (Lipinski definition) is 6. The third-order valence-corrected chi connectivity index (χ3v) is 4.04. The summed E-state index contributed by atoms with van der Waals surface area (Å²) in [6.07, 6.45) is -9.46. The summed E-state index contributed by atoms with van der Waals surface area (Å²) in [7, 11) is 1.02. The van der Waals surface area contributed by atoms with Gasteiger partial charge in [0.25, 0.3) is 5.91 Å². The van der Waals surface area contributed by atoms with Gasteiger partial charge in [0, 0.05) is 6.54 Å². The van der Waals surface area contributed by atoms with Gasteiger partial charge in [0.05, 0.1) is 42.8 Å². The minimum absolute atomic E-state index is 0.174. The normalized spacial score (nSPS) is 14.9. The van der Waals surface area contributed by atoms with Crippen LogP contribution in [0.25, 0.3) is 0 Å². The number of β-amino-alcohol motifs (C(OH)–C–C–N with tert-alkyl or cyclic N) is 1. The quantitative estimate of drug-likeness (QED) is 0.445. The molecule has 166 valence electrons. The van der Waals surface area contributed by atoms with Gasteiger partial charge in [-0.3, -0.25) is 4.79 Å². The van der Waals surface area contributed by atoms with Crippen LogP contribution in [-0.2, 0) is 20.5 Å². The lowest BCUT2D eigenvalue weighted by atomic mass is 10.1. The van der Waals surface area contributed by atoms with E-state index in [1.54, 1.807) is 0 Å². The van der Waals surface area contributed by atoms with Gasteiger partial charge in [-0.15, -0.1) is 0 Å². The maximum absolute atomic E-state index is 13.1. The van der Waals surface area contributed by atoms with Crippen molar-refractivity contribution in [1.82, 2.24) is 4.90 Å². The van der Waals surface area contributed by atoms with Gasteiger partial charge in [0.15, 0.2) is 0 Å². The number of esters is 1. The van der Waals surface area contributed by atoms with Gasteiger partial charge in [0.2, 0.25) is 0 Å². The zero-order valence-electron chi connectivity index (χ0n) is 15.4. The Labute approximate surface area is 166 Å². The van der Waals surface area contributed by atoms with Gasteiger partial charge >= 0.3 is 18.3 Å². The Morgan fingerprint density at radius 1 is 1.20 bits per heavy atom. The second-order valence-electron chi connectivity index (χ2n) is 6.15. The number of carbonyl (C=O) groups is 2. The van der Waals surface area contributed by atoms with Crippen molar-refractivity contribution >= 4 is 23.3 Å². The van der Waals surface area contributed by atoms with Crippen LogP contribution < -0.4 is 10.6 Å². The number of aliphatic hydroxyl groups is 1. The molecule has 1 heterocycles. The number of benzene rings is 1. The average molecular weight is 441 g/mol. The highest BCUT2D eigenvalue weighted by atomic mass is 19.4. The Bertz CT molecular complexity index is 851. The Balaban J connectivity index is 2.48. The fourth-order valence-electron chi connectivity index (χ4n) is 2.66. The number of methoxy groups -OCH3 is 1. The van der Waals surface area contributed by atoms with E-state index >= 15 is 0 Å². The number of hydrogen-bond donors (Lipinski definition) is 3. The van der Waals surface area contributed by atoms with Crippen molar-refractivity contribution in [2.75, 3.05) is 44.0 Å². The lowest BCUT2D eigenvalue weighted by molar-refractivity contribution is -0.138. The lowest BCUT2D eigenvalue weighted by Gasteiger charge is -2.19. The molecule has 30 heavy (non-hydrogen) atoms. The third-order valence-electron chi connectivity index (χ3n) is 4.04. The van der Waals surface area contributed by atoms with Crippen LogP contribution in [0, 0.1) is 0 Å². The van der Waals surface area contributed by atoms with Crippen molar-refractivity contribution in [2.24, 2.45) is 0 Å². The predicted molar refractivity (Wildman–Crippen MR) is 92.3 cm³/mol. The molecule has 0 aliphatic carbocycles. The number of amides is 1. The van der Waals surface area contributed by atoms with Gasteiger partial charge < -0.3 is 25.4 Å². The second-order valence-corrected chi connectivity index (χ2v) is 6.15. The molecule has 7 nitrogen and oxygen atoms in total. The maximum atomic E-state index is 13.1. The van der Waals surface area contributed by atoms with Crippen LogP contribution in [0.2, 0.25) is 0 Å². The second kappa shape index (κ2) is 8.81. The summed E-state index contributed by atoms with van der Waals surface area (Å²) in [6, 6.07) is 1.87. The molecule has 0 fully saturated rings. The number of carbonyl (C=O) groups excluding carboxylic acids is 2. The first-order valence-electron chi connectivity index (χ1n) is 8.38. The van der Waals surface area contributed by atoms with E-state index in [1.165, 1.54) is 0 Å². The number of anilines is 2. The largest absolute Gasteiger partial charge is 0.466 e. The number of nitrogens with one attached hydrogen (secondary N) is 2. The minimum Gasteiger partial charge on any atom is -0.466 e. The topological polar surface area (TPSA) is 90.9 Å². The van der Waals surface area contributed by atoms with Crippen LogP contribution in [0.5, 0.6) is 0 Å². The van der Waals surface area contributed by atoms with Crippen LogP contribution in [0.4, 0.5) is 37.7 Å². The predicted octanol–water partition coefficient (Wildman–Crippen LogP) is 2.35. The van der Waals surface area contributed by atoms with E-state index in [9.17, 15) is 35.9 Å². The zero-order valence-corrected chi connectivity index (χ0v) is 15.4. The lowest BCUT2D eigenvalue weighted by Crippen LogP contribution is -2.31. The number of aliphatic hydroxyl groups excluding tert-OH is 1. The van der Waals surface area contributed by atoms with E-state index in [0.29, 0.717) is 12.1 Å². The Morgan fingerprint density at radius 3 is 2.40 bits per heavy atom. The number of halogens is 6. The van der Waals surface area contributed by atoms with E-state index in [-0.39, 0.29) is 24.4 Å². The van der Waals surface area contributed by atoms with Gasteiger partial charge in [-0.25, -0.2) is 4.79 Å². The van der Waals surface area contributed by atoms with Crippen molar-refractivity contribution in [3.8, 4) is 0 Å². The molecule has 0 unspecified atom stereocenters. The molecule has 0 spiro atoms. The molecule has 1 aliphatic heterocycles. The Hall–Kier alpha value is -2.96. The zero-order chi connectivity index (χ0) is 22.7. The maximum Gasteiger partial charge on any atom is 0.416 e. The molecule has 0 saturated carbocycles. The van der Waals surface area contributed by atoms with Crippen molar-refractivity contribution in [1.29, 1.82) is 0 Å². The monoisotopic (exact) mass is 441 g/mol. The first kappa shape index (κ1) is 23.3. The molecule has 0 radical (unpaired) electrons. The van der Waals surface area contributed by atoms with E-state index in [2.05, 4.69) is 10.1 Å². The van der Waals surface area contributed by atoms with E-state index in [4.69, 9.17) is 5.11 Å². The summed E-state index contributed by atoms with van der Waals surface area (Å²) in [5.41, 5.74) is -2.74. The van der Waals surface area contributed by atoms with Gasteiger partial charge in [-0.1, -0.05) is 0 Å². The number of alkyl halides is 6. The van der Waals surface area contributed by atoms with Crippen LogP contribution >= 0.6 is 0 Å². The molecule has 1 aromatic rings. The number of rotatable bonds is 7. The van der Waals surface area contributed by atoms with Crippen molar-refractivity contribution in [3.05, 3.63) is 35.0 Å². The summed E-state index contributed by atoms with van der Waals surface area (Å²) in [4.78, 5) is 25.5. The minimum atomic E-state index is -4.80. The van der Waals surface area contributed by atoms with Crippen LogP contribution in [0.15, 0.2) is 29.5 Å². The summed E-state index contributed by atoms with van der Waals surface area (Å²) in [5.74, 6) is -1.79. The highest BCUT2D eigenvalue weighted by Gasteiger charge is 2.36. The Morgan fingerprint density at radius 2 is 1.87 bits per heavy atom. The molecule has 0 bridgehead atoms. The van der Waals surface area contributed by atoms with Crippen LogP contribution in [-0.4, -0.2) is 61.4 Å². The molecule has 3 N–H and O–H groups in total. The highest BCUT2D eigenvalue weighted by molar-refractivity contribution is 6.09. The standard InChI is InChI=1S/C17H17F6N3O4/c1-30-15(29)10-7-26(4-5-27)14(28)13(10)25-12-6-9(17(21,22)23)2-3-11(12)24-8-16(18,19)20/h2-3,6,24-25,27H,4-5,7-8H2,1H3. The summed E-state index contributed by atoms with van der Waals surface area (Å²) >= 11 is 0. The van der Waals surface area contributed by atoms with Crippen LogP contribution in [0.3, 0.4) is 0 Å². The van der Waals surface area contributed by atoms with Crippen molar-refractivity contribution in [3.63, 3.8) is 0 Å². The first-order valence-corrected chi connectivity index (χ1v) is 8.38. The summed E-state index contributed by atoms with van der Waals surface area (Å²) in [5, 5.41) is 13.3. The molecule has 1 amide bonds. The molecule has 1 aliphatic rings. The molecule has 1 aromatic carbocycles. The van der Waals surface area contributed by atoms with Gasteiger partial charge in [-0.2, -0.15) is 26.3 Å². The molecular formula is C17H17F6N3O4.